The molecule has 2 heterocycles. The summed E-state index contributed by atoms with van der Waals surface area (Å²) in [6.07, 6.45) is 3.54. The first-order valence-corrected chi connectivity index (χ1v) is 5.82. The van der Waals surface area contributed by atoms with E-state index >= 15 is 0 Å². The first kappa shape index (κ1) is 11.9. The zero-order valence-corrected chi connectivity index (χ0v) is 9.90. The van der Waals surface area contributed by atoms with E-state index in [0.29, 0.717) is 11.4 Å². The van der Waals surface area contributed by atoms with Gasteiger partial charge in [0.05, 0.1) is 7.11 Å². The van der Waals surface area contributed by atoms with Crippen molar-refractivity contribution in [3.05, 3.63) is 23.9 Å². The Balaban J connectivity index is 2.03. The first-order valence-electron chi connectivity index (χ1n) is 5.82. The predicted molar refractivity (Wildman–Crippen MR) is 64.1 cm³/mol. The first-order chi connectivity index (χ1) is 8.31. The summed E-state index contributed by atoms with van der Waals surface area (Å²) in [5.41, 5.74) is 0.494. The molecule has 0 unspecified atom stereocenters. The maximum absolute atomic E-state index is 12.0. The van der Waals surface area contributed by atoms with E-state index in [0.717, 1.165) is 25.9 Å². The highest BCUT2D eigenvalue weighted by molar-refractivity contribution is 5.96. The minimum atomic E-state index is -0.109. The van der Waals surface area contributed by atoms with Gasteiger partial charge in [-0.3, -0.25) is 4.79 Å². The fourth-order valence-electron chi connectivity index (χ4n) is 1.96. The van der Waals surface area contributed by atoms with Gasteiger partial charge in [0.25, 0.3) is 5.91 Å². The Bertz CT molecular complexity index is 389. The lowest BCUT2D eigenvalue weighted by atomic mass is 10.1. The lowest BCUT2D eigenvalue weighted by Crippen LogP contribution is -2.42. The number of aromatic nitrogens is 1. The molecule has 5 heteroatoms. The van der Waals surface area contributed by atoms with Crippen molar-refractivity contribution in [2.45, 2.75) is 18.9 Å². The lowest BCUT2D eigenvalue weighted by Gasteiger charge is -2.23. The molecule has 92 valence electrons. The molecule has 1 fully saturated rings. The number of amides is 1. The largest absolute Gasteiger partial charge is 0.480 e. The Morgan fingerprint density at radius 1 is 1.53 bits per heavy atom. The van der Waals surface area contributed by atoms with Crippen LogP contribution >= 0.6 is 0 Å². The van der Waals surface area contributed by atoms with Crippen LogP contribution in [0.1, 0.15) is 23.2 Å². The van der Waals surface area contributed by atoms with Gasteiger partial charge in [0.1, 0.15) is 5.56 Å². The summed E-state index contributed by atoms with van der Waals surface area (Å²) in [5, 5.41) is 6.27. The molecule has 1 aromatic rings. The highest BCUT2D eigenvalue weighted by atomic mass is 16.5. The highest BCUT2D eigenvalue weighted by Crippen LogP contribution is 2.14. The van der Waals surface area contributed by atoms with Gasteiger partial charge in [-0.05, 0) is 38.1 Å². The highest BCUT2D eigenvalue weighted by Gasteiger charge is 2.18. The van der Waals surface area contributed by atoms with E-state index in [1.165, 1.54) is 7.11 Å². The van der Waals surface area contributed by atoms with Crippen molar-refractivity contribution in [1.82, 2.24) is 15.6 Å². The number of hydrogen-bond donors (Lipinski definition) is 2. The molecule has 0 aliphatic carbocycles. The summed E-state index contributed by atoms with van der Waals surface area (Å²) in [5.74, 6) is 0.265. The molecule has 17 heavy (non-hydrogen) atoms. The number of rotatable bonds is 3. The molecule has 0 radical (unpaired) electrons. The van der Waals surface area contributed by atoms with Gasteiger partial charge >= 0.3 is 0 Å². The minimum Gasteiger partial charge on any atom is -0.480 e. The SMILES string of the molecule is COc1ncccc1C(=O)NC1CCNCC1. The van der Waals surface area contributed by atoms with E-state index in [-0.39, 0.29) is 11.9 Å². The van der Waals surface area contributed by atoms with Crippen molar-refractivity contribution in [2.75, 3.05) is 20.2 Å². The number of nitrogens with zero attached hydrogens (tertiary/aromatic N) is 1. The molecule has 2 rings (SSSR count). The number of hydrogen-bond acceptors (Lipinski definition) is 4. The smallest absolute Gasteiger partial charge is 0.256 e. The van der Waals surface area contributed by atoms with Crippen LogP contribution < -0.4 is 15.4 Å². The Kier molecular flexibility index (Phi) is 3.93. The topological polar surface area (TPSA) is 63.2 Å². The maximum Gasteiger partial charge on any atom is 0.256 e. The van der Waals surface area contributed by atoms with Crippen LogP contribution in [0, 0.1) is 0 Å². The fraction of sp³-hybridized carbons (Fsp3) is 0.500. The molecule has 1 amide bonds. The summed E-state index contributed by atoms with van der Waals surface area (Å²) >= 11 is 0. The van der Waals surface area contributed by atoms with Crippen molar-refractivity contribution >= 4 is 5.91 Å². The summed E-state index contributed by atoms with van der Waals surface area (Å²) in [4.78, 5) is 16.1. The molecule has 1 aliphatic heterocycles. The van der Waals surface area contributed by atoms with E-state index in [1.807, 2.05) is 0 Å². The van der Waals surface area contributed by atoms with Crippen molar-refractivity contribution in [3.63, 3.8) is 0 Å². The average Bonchev–Trinajstić information content (AvgIpc) is 2.40. The molecule has 0 atom stereocenters. The van der Waals surface area contributed by atoms with Crippen molar-refractivity contribution < 1.29 is 9.53 Å². The normalized spacial score (nSPS) is 16.5. The van der Waals surface area contributed by atoms with Crippen LogP contribution in [0.25, 0.3) is 0 Å². The third-order valence-corrected chi connectivity index (χ3v) is 2.88. The molecular weight excluding hydrogens is 218 g/mol. The van der Waals surface area contributed by atoms with E-state index in [1.54, 1.807) is 18.3 Å². The molecular formula is C12H17N3O2. The zero-order valence-electron chi connectivity index (χ0n) is 9.90. The lowest BCUT2D eigenvalue weighted by molar-refractivity contribution is 0.0925. The molecule has 1 saturated heterocycles. The number of nitrogens with one attached hydrogen (secondary N) is 2. The quantitative estimate of drug-likeness (QED) is 0.804. The van der Waals surface area contributed by atoms with Crippen LogP contribution in [-0.2, 0) is 0 Å². The molecule has 0 saturated carbocycles. The Morgan fingerprint density at radius 3 is 3.00 bits per heavy atom. The number of carbonyl (C=O) groups excluding carboxylic acids is 1. The van der Waals surface area contributed by atoms with Crippen LogP contribution in [-0.4, -0.2) is 37.1 Å². The van der Waals surface area contributed by atoms with Crippen LogP contribution in [0.5, 0.6) is 5.88 Å². The van der Waals surface area contributed by atoms with Crippen molar-refractivity contribution in [3.8, 4) is 5.88 Å². The third-order valence-electron chi connectivity index (χ3n) is 2.88. The van der Waals surface area contributed by atoms with Crippen LogP contribution in [0.3, 0.4) is 0 Å². The van der Waals surface area contributed by atoms with Gasteiger partial charge in [-0.25, -0.2) is 4.98 Å². The van der Waals surface area contributed by atoms with Crippen LogP contribution in [0.2, 0.25) is 0 Å². The zero-order chi connectivity index (χ0) is 12.1. The average molecular weight is 235 g/mol. The number of methoxy groups -OCH3 is 1. The second-order valence-corrected chi connectivity index (χ2v) is 4.06. The summed E-state index contributed by atoms with van der Waals surface area (Å²) in [6.45, 7) is 1.91. The molecule has 1 aliphatic rings. The Morgan fingerprint density at radius 2 is 2.29 bits per heavy atom. The molecule has 2 N–H and O–H groups in total. The van der Waals surface area contributed by atoms with Gasteiger partial charge in [0, 0.05) is 12.2 Å². The van der Waals surface area contributed by atoms with Gasteiger partial charge in [-0.15, -0.1) is 0 Å². The molecule has 0 spiro atoms. The number of piperidine rings is 1. The summed E-state index contributed by atoms with van der Waals surface area (Å²) in [6, 6.07) is 3.70. The van der Waals surface area contributed by atoms with E-state index in [2.05, 4.69) is 15.6 Å². The Hall–Kier alpha value is -1.62. The Labute approximate surface area is 101 Å². The second kappa shape index (κ2) is 5.63. The van der Waals surface area contributed by atoms with Crippen molar-refractivity contribution in [1.29, 1.82) is 0 Å². The molecule has 5 nitrogen and oxygen atoms in total. The minimum absolute atomic E-state index is 0.109. The molecule has 0 aromatic carbocycles. The van der Waals surface area contributed by atoms with Crippen LogP contribution in [0.4, 0.5) is 0 Å². The van der Waals surface area contributed by atoms with E-state index < -0.39 is 0 Å². The van der Waals surface area contributed by atoms with Crippen LogP contribution in [0.15, 0.2) is 18.3 Å². The number of ether oxygens (including phenoxy) is 1. The van der Waals surface area contributed by atoms with E-state index in [9.17, 15) is 4.79 Å². The van der Waals surface area contributed by atoms with Gasteiger partial charge in [-0.1, -0.05) is 0 Å². The van der Waals surface area contributed by atoms with Gasteiger partial charge < -0.3 is 15.4 Å². The monoisotopic (exact) mass is 235 g/mol. The number of carbonyl (C=O) groups is 1. The fourth-order valence-corrected chi connectivity index (χ4v) is 1.96. The van der Waals surface area contributed by atoms with Crippen molar-refractivity contribution in [2.24, 2.45) is 0 Å². The molecule has 0 bridgehead atoms. The van der Waals surface area contributed by atoms with Gasteiger partial charge in [-0.2, -0.15) is 0 Å². The third kappa shape index (κ3) is 2.94. The predicted octanol–water partition coefficient (Wildman–Crippen LogP) is 0.572. The number of pyridine rings is 1. The summed E-state index contributed by atoms with van der Waals surface area (Å²) in [7, 11) is 1.52. The van der Waals surface area contributed by atoms with E-state index in [4.69, 9.17) is 4.74 Å². The second-order valence-electron chi connectivity index (χ2n) is 4.06. The summed E-state index contributed by atoms with van der Waals surface area (Å²) < 4.78 is 5.07. The molecule has 1 aromatic heterocycles. The van der Waals surface area contributed by atoms with Gasteiger partial charge in [0.15, 0.2) is 0 Å². The maximum atomic E-state index is 12.0. The standard InChI is InChI=1S/C12H17N3O2/c1-17-12-10(3-2-6-14-12)11(16)15-9-4-7-13-8-5-9/h2-3,6,9,13H,4-5,7-8H2,1H3,(H,15,16). The van der Waals surface area contributed by atoms with Gasteiger partial charge in [0.2, 0.25) is 5.88 Å².